The summed E-state index contributed by atoms with van der Waals surface area (Å²) in [5, 5.41) is 11.9. The van der Waals surface area contributed by atoms with Gasteiger partial charge in [-0.2, -0.15) is 0 Å². The smallest absolute Gasteiger partial charge is 0.119 e. The Bertz CT molecular complexity index is 726. The van der Waals surface area contributed by atoms with Crippen molar-refractivity contribution in [1.82, 2.24) is 4.42 Å². The number of aromatic hydroxyl groups is 1. The molecule has 0 amide bonds. The van der Waals surface area contributed by atoms with Crippen LogP contribution in [-0.2, 0) is 11.7 Å². The molecule has 25 heavy (non-hydrogen) atoms. The van der Waals surface area contributed by atoms with Gasteiger partial charge in [-0.25, -0.2) is 4.42 Å². The quantitative estimate of drug-likeness (QED) is 0.500. The molecule has 2 aromatic carbocycles. The number of rotatable bonds is 7. The zero-order chi connectivity index (χ0) is 18.6. The number of phenols is 1. The monoisotopic (exact) mass is 377 g/mol. The lowest BCUT2D eigenvalue weighted by Crippen LogP contribution is -2.25. The van der Waals surface area contributed by atoms with Crippen molar-refractivity contribution in [3.63, 3.8) is 0 Å². The lowest BCUT2D eigenvalue weighted by atomic mass is 9.91. The van der Waals surface area contributed by atoms with Gasteiger partial charge in [0.1, 0.15) is 5.75 Å². The van der Waals surface area contributed by atoms with E-state index in [0.717, 1.165) is 24.9 Å². The van der Waals surface area contributed by atoms with Crippen molar-refractivity contribution in [2.45, 2.75) is 52.2 Å². The van der Waals surface area contributed by atoms with Crippen molar-refractivity contribution in [3.05, 3.63) is 58.7 Å². The van der Waals surface area contributed by atoms with Gasteiger partial charge in [0.15, 0.2) is 0 Å². The molecule has 0 radical (unpaired) electrons. The standard InChI is InChI=1S/C21H29ClNOP/c1-6-21(7-2,18-13-15(3)11-12-19(18)24)25-20-16(4)9-8-10-17(20)14-23(5)22/h8-13,24-25H,6-7,14H2,1-5H3. The van der Waals surface area contributed by atoms with E-state index in [1.165, 1.54) is 22.0 Å². The number of halogens is 1. The molecule has 2 nitrogen and oxygen atoms in total. The van der Waals surface area contributed by atoms with Crippen LogP contribution in [0.1, 0.15) is 48.9 Å². The van der Waals surface area contributed by atoms with Gasteiger partial charge in [-0.1, -0.05) is 58.3 Å². The molecule has 0 aliphatic carbocycles. The highest BCUT2D eigenvalue weighted by atomic mass is 35.5. The van der Waals surface area contributed by atoms with E-state index in [1.54, 1.807) is 4.42 Å². The highest BCUT2D eigenvalue weighted by Gasteiger charge is 2.32. The first-order valence-corrected chi connectivity index (χ1v) is 10.2. The molecule has 0 aliphatic rings. The summed E-state index contributed by atoms with van der Waals surface area (Å²) in [5.74, 6) is 0.409. The second-order valence-corrected chi connectivity index (χ2v) is 9.09. The normalized spacial score (nSPS) is 12.4. The predicted molar refractivity (Wildman–Crippen MR) is 112 cm³/mol. The Labute approximate surface area is 159 Å². The third-order valence-corrected chi connectivity index (χ3v) is 7.53. The van der Waals surface area contributed by atoms with E-state index in [-0.39, 0.29) is 5.16 Å². The minimum absolute atomic E-state index is 0.0537. The molecule has 2 rings (SSSR count). The molecule has 0 fully saturated rings. The summed E-state index contributed by atoms with van der Waals surface area (Å²) in [5.41, 5.74) is 4.83. The maximum absolute atomic E-state index is 10.6. The number of benzene rings is 2. The van der Waals surface area contributed by atoms with E-state index >= 15 is 0 Å². The summed E-state index contributed by atoms with van der Waals surface area (Å²) in [6, 6.07) is 12.4. The van der Waals surface area contributed by atoms with E-state index in [9.17, 15) is 5.11 Å². The Morgan fingerprint density at radius 2 is 1.80 bits per heavy atom. The maximum Gasteiger partial charge on any atom is 0.119 e. The topological polar surface area (TPSA) is 23.5 Å². The first-order valence-electron chi connectivity index (χ1n) is 8.86. The second-order valence-electron chi connectivity index (χ2n) is 6.81. The largest absolute Gasteiger partial charge is 0.508 e. The first-order chi connectivity index (χ1) is 11.8. The SMILES string of the molecule is CCC(CC)(Pc1c(C)cccc1CN(C)Cl)c1cc(C)ccc1O. The Kier molecular flexibility index (Phi) is 6.91. The molecule has 0 bridgehead atoms. The Balaban J connectivity index is 2.55. The number of hydrogen-bond donors (Lipinski definition) is 1. The van der Waals surface area contributed by atoms with Crippen molar-refractivity contribution in [1.29, 1.82) is 0 Å². The fourth-order valence-corrected chi connectivity index (χ4v) is 5.32. The zero-order valence-electron chi connectivity index (χ0n) is 15.9. The molecule has 0 aromatic heterocycles. The third kappa shape index (κ3) is 4.56. The van der Waals surface area contributed by atoms with E-state index < -0.39 is 0 Å². The van der Waals surface area contributed by atoms with Gasteiger partial charge < -0.3 is 5.11 Å². The molecule has 1 atom stereocenters. The van der Waals surface area contributed by atoms with Gasteiger partial charge in [-0.3, -0.25) is 0 Å². The number of aryl methyl sites for hydroxylation is 2. The van der Waals surface area contributed by atoms with Crippen LogP contribution >= 0.6 is 20.4 Å². The van der Waals surface area contributed by atoms with Crippen molar-refractivity contribution in [2.75, 3.05) is 7.05 Å². The van der Waals surface area contributed by atoms with E-state index in [4.69, 9.17) is 11.8 Å². The fraction of sp³-hybridized carbons (Fsp3) is 0.429. The van der Waals surface area contributed by atoms with Gasteiger partial charge in [-0.05, 0) is 61.0 Å². The fourth-order valence-electron chi connectivity index (χ4n) is 3.42. The molecule has 0 saturated carbocycles. The molecule has 136 valence electrons. The van der Waals surface area contributed by atoms with Gasteiger partial charge in [0, 0.05) is 24.3 Å². The molecule has 0 saturated heterocycles. The Hall–Kier alpha value is -1.08. The molecule has 1 unspecified atom stereocenters. The molecule has 2 aromatic rings. The highest BCUT2D eigenvalue weighted by molar-refractivity contribution is 7.48. The van der Waals surface area contributed by atoms with Gasteiger partial charge >= 0.3 is 0 Å². The van der Waals surface area contributed by atoms with Crippen LogP contribution in [0.4, 0.5) is 0 Å². The molecule has 1 N–H and O–H groups in total. The van der Waals surface area contributed by atoms with Crippen LogP contribution in [0.5, 0.6) is 5.75 Å². The van der Waals surface area contributed by atoms with Crippen molar-refractivity contribution in [2.24, 2.45) is 0 Å². The molecular weight excluding hydrogens is 349 g/mol. The van der Waals surface area contributed by atoms with Crippen molar-refractivity contribution < 1.29 is 5.11 Å². The van der Waals surface area contributed by atoms with Crippen LogP contribution in [-0.4, -0.2) is 16.6 Å². The summed E-state index contributed by atoms with van der Waals surface area (Å²) < 4.78 is 1.70. The van der Waals surface area contributed by atoms with Crippen molar-refractivity contribution in [3.8, 4) is 5.75 Å². The number of hydrogen-bond acceptors (Lipinski definition) is 2. The predicted octanol–water partition coefficient (Wildman–Crippen LogP) is 5.61. The Morgan fingerprint density at radius 3 is 2.40 bits per heavy atom. The molecule has 0 spiro atoms. The minimum atomic E-state index is -0.0537. The average Bonchev–Trinajstić information content (AvgIpc) is 2.57. The lowest BCUT2D eigenvalue weighted by molar-refractivity contribution is 0.448. The summed E-state index contributed by atoms with van der Waals surface area (Å²) in [6.45, 7) is 9.43. The van der Waals surface area contributed by atoms with E-state index in [0.29, 0.717) is 14.3 Å². The van der Waals surface area contributed by atoms with Crippen LogP contribution in [0.25, 0.3) is 0 Å². The maximum atomic E-state index is 10.6. The van der Waals surface area contributed by atoms with Gasteiger partial charge in [0.2, 0.25) is 0 Å². The number of nitrogens with zero attached hydrogens (tertiary/aromatic N) is 1. The Morgan fingerprint density at radius 1 is 1.12 bits per heavy atom. The van der Waals surface area contributed by atoms with Crippen molar-refractivity contribution >= 4 is 25.7 Å². The average molecular weight is 378 g/mol. The third-order valence-electron chi connectivity index (χ3n) is 4.99. The first kappa shape index (κ1) is 20.2. The summed E-state index contributed by atoms with van der Waals surface area (Å²) in [6.07, 6.45) is 1.98. The highest BCUT2D eigenvalue weighted by Crippen LogP contribution is 2.50. The summed E-state index contributed by atoms with van der Waals surface area (Å²) in [4.78, 5) is 0. The number of phenolic OH excluding ortho intramolecular Hbond substituents is 1. The second kappa shape index (κ2) is 8.54. The molecule has 4 heteroatoms. The zero-order valence-corrected chi connectivity index (χ0v) is 17.6. The summed E-state index contributed by atoms with van der Waals surface area (Å²) >= 11 is 6.14. The molecule has 0 aliphatic heterocycles. The van der Waals surface area contributed by atoms with Crippen LogP contribution in [0.3, 0.4) is 0 Å². The van der Waals surface area contributed by atoms with Gasteiger partial charge in [0.25, 0.3) is 0 Å². The van der Waals surface area contributed by atoms with Crippen LogP contribution in [0.2, 0.25) is 0 Å². The van der Waals surface area contributed by atoms with Gasteiger partial charge in [0.05, 0.1) is 0 Å². The van der Waals surface area contributed by atoms with Crippen LogP contribution in [0, 0.1) is 13.8 Å². The van der Waals surface area contributed by atoms with E-state index in [2.05, 4.69) is 52.0 Å². The molecule has 0 heterocycles. The van der Waals surface area contributed by atoms with Gasteiger partial charge in [-0.15, -0.1) is 0 Å². The minimum Gasteiger partial charge on any atom is -0.508 e. The van der Waals surface area contributed by atoms with E-state index in [1.807, 2.05) is 19.2 Å². The molecular formula is C21H29ClNOP. The van der Waals surface area contributed by atoms with Crippen LogP contribution < -0.4 is 5.30 Å². The summed E-state index contributed by atoms with van der Waals surface area (Å²) in [7, 11) is 2.47. The van der Waals surface area contributed by atoms with Crippen LogP contribution in [0.15, 0.2) is 36.4 Å². The lowest BCUT2D eigenvalue weighted by Gasteiger charge is -2.35.